The van der Waals surface area contributed by atoms with Gasteiger partial charge >= 0.3 is 0 Å². The monoisotopic (exact) mass is 266 g/mol. The van der Waals surface area contributed by atoms with Gasteiger partial charge in [0, 0.05) is 12.6 Å². The zero-order valence-electron chi connectivity index (χ0n) is 12.5. The summed E-state index contributed by atoms with van der Waals surface area (Å²) in [5.74, 6) is 0.658. The van der Waals surface area contributed by atoms with Crippen molar-refractivity contribution in [2.24, 2.45) is 11.0 Å². The SMILES string of the molecule is CCCCCCCCC(=O)N/N=C/C1CCCCC1. The number of carbonyl (C=O) groups is 1. The van der Waals surface area contributed by atoms with Crippen LogP contribution in [0.15, 0.2) is 5.10 Å². The number of nitrogens with zero attached hydrogens (tertiary/aromatic N) is 1. The van der Waals surface area contributed by atoms with E-state index < -0.39 is 0 Å². The van der Waals surface area contributed by atoms with Crippen molar-refractivity contribution in [2.45, 2.75) is 84.0 Å². The molecule has 1 amide bonds. The third kappa shape index (κ3) is 8.79. The second-order valence-corrected chi connectivity index (χ2v) is 5.73. The van der Waals surface area contributed by atoms with Gasteiger partial charge in [-0.05, 0) is 25.2 Å². The van der Waals surface area contributed by atoms with Gasteiger partial charge in [-0.3, -0.25) is 4.79 Å². The van der Waals surface area contributed by atoms with Gasteiger partial charge in [0.25, 0.3) is 0 Å². The van der Waals surface area contributed by atoms with Gasteiger partial charge in [-0.25, -0.2) is 5.43 Å². The standard InChI is InChI=1S/C16H30N2O/c1-2-3-4-5-6-10-13-16(19)18-17-14-15-11-8-7-9-12-15/h14-15H,2-13H2,1H3,(H,18,19)/b17-14+. The maximum Gasteiger partial charge on any atom is 0.240 e. The average molecular weight is 266 g/mol. The molecule has 0 unspecified atom stereocenters. The molecule has 110 valence electrons. The Bertz CT molecular complexity index is 257. The minimum atomic E-state index is 0.0718. The van der Waals surface area contributed by atoms with Gasteiger partial charge in [0.05, 0.1) is 0 Å². The summed E-state index contributed by atoms with van der Waals surface area (Å²) >= 11 is 0. The van der Waals surface area contributed by atoms with Crippen molar-refractivity contribution in [3.05, 3.63) is 0 Å². The van der Waals surface area contributed by atoms with Crippen molar-refractivity contribution in [2.75, 3.05) is 0 Å². The second kappa shape index (κ2) is 11.0. The van der Waals surface area contributed by atoms with E-state index in [-0.39, 0.29) is 5.91 Å². The van der Waals surface area contributed by atoms with Crippen LogP contribution in [0.2, 0.25) is 0 Å². The Kier molecular flexibility index (Phi) is 9.38. The van der Waals surface area contributed by atoms with Gasteiger partial charge in [0.15, 0.2) is 0 Å². The lowest BCUT2D eigenvalue weighted by atomic mass is 9.90. The molecule has 0 bridgehead atoms. The largest absolute Gasteiger partial charge is 0.273 e. The molecule has 3 nitrogen and oxygen atoms in total. The fourth-order valence-corrected chi connectivity index (χ4v) is 2.62. The van der Waals surface area contributed by atoms with E-state index in [1.165, 1.54) is 64.2 Å². The van der Waals surface area contributed by atoms with E-state index in [1.807, 2.05) is 6.21 Å². The zero-order chi connectivity index (χ0) is 13.8. The third-order valence-electron chi connectivity index (χ3n) is 3.88. The predicted molar refractivity (Wildman–Crippen MR) is 81.2 cm³/mol. The molecule has 1 saturated carbocycles. The summed E-state index contributed by atoms with van der Waals surface area (Å²) in [5, 5.41) is 4.10. The highest BCUT2D eigenvalue weighted by molar-refractivity contribution is 5.76. The quantitative estimate of drug-likeness (QED) is 0.374. The highest BCUT2D eigenvalue weighted by Crippen LogP contribution is 2.21. The fourth-order valence-electron chi connectivity index (χ4n) is 2.62. The van der Waals surface area contributed by atoms with Gasteiger partial charge in [0.2, 0.25) is 5.91 Å². The Morgan fingerprint density at radius 2 is 1.79 bits per heavy atom. The summed E-state index contributed by atoms with van der Waals surface area (Å²) in [5.41, 5.74) is 2.66. The van der Waals surface area contributed by atoms with Crippen LogP contribution < -0.4 is 5.43 Å². The van der Waals surface area contributed by atoms with Crippen molar-refractivity contribution >= 4 is 12.1 Å². The van der Waals surface area contributed by atoms with E-state index in [1.54, 1.807) is 0 Å². The lowest BCUT2D eigenvalue weighted by Crippen LogP contribution is -2.18. The summed E-state index contributed by atoms with van der Waals surface area (Å²) in [6.07, 6.45) is 16.3. The first kappa shape index (κ1) is 16.2. The van der Waals surface area contributed by atoms with E-state index in [2.05, 4.69) is 17.5 Å². The normalized spacial score (nSPS) is 16.9. The molecule has 1 fully saturated rings. The molecule has 0 spiro atoms. The van der Waals surface area contributed by atoms with Gasteiger partial charge in [-0.2, -0.15) is 5.10 Å². The molecule has 1 aliphatic rings. The molecule has 1 N–H and O–H groups in total. The van der Waals surface area contributed by atoms with Crippen LogP contribution in [0, 0.1) is 5.92 Å². The number of hydrazone groups is 1. The van der Waals surface area contributed by atoms with Crippen LogP contribution in [-0.4, -0.2) is 12.1 Å². The third-order valence-corrected chi connectivity index (χ3v) is 3.88. The number of amides is 1. The first-order chi connectivity index (χ1) is 9.33. The van der Waals surface area contributed by atoms with Crippen LogP contribution in [0.3, 0.4) is 0 Å². The lowest BCUT2D eigenvalue weighted by molar-refractivity contribution is -0.121. The summed E-state index contributed by atoms with van der Waals surface area (Å²) in [7, 11) is 0. The molecule has 0 aromatic carbocycles. The summed E-state index contributed by atoms with van der Waals surface area (Å²) in [6, 6.07) is 0. The predicted octanol–water partition coefficient (Wildman–Crippen LogP) is 4.42. The van der Waals surface area contributed by atoms with Crippen LogP contribution in [0.5, 0.6) is 0 Å². The number of hydrogen-bond donors (Lipinski definition) is 1. The number of unbranched alkanes of at least 4 members (excludes halogenated alkanes) is 5. The molecule has 1 aliphatic carbocycles. The van der Waals surface area contributed by atoms with Gasteiger partial charge in [-0.1, -0.05) is 58.3 Å². The van der Waals surface area contributed by atoms with Crippen molar-refractivity contribution in [1.82, 2.24) is 5.43 Å². The van der Waals surface area contributed by atoms with E-state index >= 15 is 0 Å². The maximum absolute atomic E-state index is 11.5. The van der Waals surface area contributed by atoms with E-state index in [0.29, 0.717) is 12.3 Å². The highest BCUT2D eigenvalue weighted by Gasteiger charge is 2.10. The first-order valence-corrected chi connectivity index (χ1v) is 8.15. The van der Waals surface area contributed by atoms with Crippen molar-refractivity contribution in [3.8, 4) is 0 Å². The molecule has 0 heterocycles. The molecule has 0 radical (unpaired) electrons. The molecular weight excluding hydrogens is 236 g/mol. The summed E-state index contributed by atoms with van der Waals surface area (Å²) < 4.78 is 0. The molecule has 1 rings (SSSR count). The number of nitrogens with one attached hydrogen (secondary N) is 1. The average Bonchev–Trinajstić information content (AvgIpc) is 2.44. The number of carbonyl (C=O) groups excluding carboxylic acids is 1. The summed E-state index contributed by atoms with van der Waals surface area (Å²) in [4.78, 5) is 11.5. The zero-order valence-corrected chi connectivity index (χ0v) is 12.5. The minimum Gasteiger partial charge on any atom is -0.273 e. The Balaban J connectivity index is 1.96. The molecule has 0 aromatic heterocycles. The van der Waals surface area contributed by atoms with Gasteiger partial charge < -0.3 is 0 Å². The van der Waals surface area contributed by atoms with Gasteiger partial charge in [0.1, 0.15) is 0 Å². The smallest absolute Gasteiger partial charge is 0.240 e. The minimum absolute atomic E-state index is 0.0718. The molecule has 3 heteroatoms. The highest BCUT2D eigenvalue weighted by atomic mass is 16.2. The Labute approximate surface area is 118 Å². The number of rotatable bonds is 9. The fraction of sp³-hybridized carbons (Fsp3) is 0.875. The van der Waals surface area contributed by atoms with Crippen molar-refractivity contribution < 1.29 is 4.79 Å². The van der Waals surface area contributed by atoms with Crippen molar-refractivity contribution in [1.29, 1.82) is 0 Å². The van der Waals surface area contributed by atoms with Crippen LogP contribution in [0.1, 0.15) is 84.0 Å². The van der Waals surface area contributed by atoms with Crippen molar-refractivity contribution in [3.63, 3.8) is 0 Å². The second-order valence-electron chi connectivity index (χ2n) is 5.73. The molecule has 0 saturated heterocycles. The van der Waals surface area contributed by atoms with E-state index in [4.69, 9.17) is 0 Å². The molecule has 19 heavy (non-hydrogen) atoms. The van der Waals surface area contributed by atoms with E-state index in [9.17, 15) is 4.79 Å². The topological polar surface area (TPSA) is 41.5 Å². The van der Waals surface area contributed by atoms with Crippen LogP contribution in [0.25, 0.3) is 0 Å². The first-order valence-electron chi connectivity index (χ1n) is 8.15. The van der Waals surface area contributed by atoms with E-state index in [0.717, 1.165) is 6.42 Å². The van der Waals surface area contributed by atoms with Crippen LogP contribution in [-0.2, 0) is 4.79 Å². The lowest BCUT2D eigenvalue weighted by Gasteiger charge is -2.16. The Morgan fingerprint density at radius 3 is 2.53 bits per heavy atom. The molecule has 0 atom stereocenters. The van der Waals surface area contributed by atoms with Gasteiger partial charge in [-0.15, -0.1) is 0 Å². The van der Waals surface area contributed by atoms with Crippen LogP contribution in [0.4, 0.5) is 0 Å². The molecule has 0 aromatic rings. The summed E-state index contributed by atoms with van der Waals surface area (Å²) in [6.45, 7) is 2.22. The Morgan fingerprint density at radius 1 is 1.11 bits per heavy atom. The molecular formula is C16H30N2O. The number of hydrogen-bond acceptors (Lipinski definition) is 2. The maximum atomic E-state index is 11.5. The van der Waals surface area contributed by atoms with Crippen LogP contribution >= 0.6 is 0 Å². The molecule has 0 aliphatic heterocycles. The Hall–Kier alpha value is -0.860.